The summed E-state index contributed by atoms with van der Waals surface area (Å²) >= 11 is 11.8. The molecule has 0 amide bonds. The summed E-state index contributed by atoms with van der Waals surface area (Å²) in [5, 5.41) is 3.76. The standard InChI is InChI=1S/C12H14Cl2FN/c1-3-4-5-8(2)16-12-10(13)6-9(15)7-11(12)14/h3,6-8,16H,1,4-5H2,2H3. The van der Waals surface area contributed by atoms with E-state index in [9.17, 15) is 4.39 Å². The minimum atomic E-state index is -0.431. The van der Waals surface area contributed by atoms with Gasteiger partial charge in [0.25, 0.3) is 0 Å². The maximum Gasteiger partial charge on any atom is 0.126 e. The molecule has 4 heteroatoms. The lowest BCUT2D eigenvalue weighted by Gasteiger charge is -2.16. The first kappa shape index (κ1) is 13.3. The van der Waals surface area contributed by atoms with Crippen molar-refractivity contribution < 1.29 is 4.39 Å². The average molecular weight is 262 g/mol. The first-order valence-electron chi connectivity index (χ1n) is 5.06. The van der Waals surface area contributed by atoms with Crippen LogP contribution in [0, 0.1) is 5.82 Å². The molecule has 88 valence electrons. The molecule has 0 bridgehead atoms. The van der Waals surface area contributed by atoms with E-state index in [1.165, 1.54) is 12.1 Å². The van der Waals surface area contributed by atoms with Crippen LogP contribution in [0.2, 0.25) is 10.0 Å². The third-order valence-corrected chi connectivity index (χ3v) is 2.80. The monoisotopic (exact) mass is 261 g/mol. The zero-order valence-electron chi connectivity index (χ0n) is 9.06. The number of hydrogen-bond acceptors (Lipinski definition) is 1. The Morgan fingerprint density at radius 2 is 2.00 bits per heavy atom. The molecular formula is C12H14Cl2FN. The van der Waals surface area contributed by atoms with E-state index >= 15 is 0 Å². The van der Waals surface area contributed by atoms with Crippen molar-refractivity contribution in [3.63, 3.8) is 0 Å². The van der Waals surface area contributed by atoms with Gasteiger partial charge in [-0.3, -0.25) is 0 Å². The molecule has 1 N–H and O–H groups in total. The van der Waals surface area contributed by atoms with Crippen molar-refractivity contribution in [3.8, 4) is 0 Å². The molecule has 0 aliphatic heterocycles. The molecule has 1 atom stereocenters. The second-order valence-corrected chi connectivity index (χ2v) is 4.47. The van der Waals surface area contributed by atoms with Crippen molar-refractivity contribution in [2.75, 3.05) is 5.32 Å². The molecule has 0 aliphatic carbocycles. The minimum Gasteiger partial charge on any atom is -0.380 e. The molecule has 0 saturated heterocycles. The Balaban J connectivity index is 2.76. The summed E-state index contributed by atoms with van der Waals surface area (Å²) in [5.41, 5.74) is 0.585. The van der Waals surface area contributed by atoms with E-state index in [0.717, 1.165) is 12.8 Å². The van der Waals surface area contributed by atoms with Gasteiger partial charge in [-0.2, -0.15) is 0 Å². The van der Waals surface area contributed by atoms with Crippen molar-refractivity contribution in [3.05, 3.63) is 40.7 Å². The van der Waals surface area contributed by atoms with Crippen molar-refractivity contribution in [1.82, 2.24) is 0 Å². The summed E-state index contributed by atoms with van der Waals surface area (Å²) in [6.07, 6.45) is 3.68. The molecule has 1 rings (SSSR count). The summed E-state index contributed by atoms with van der Waals surface area (Å²) in [6, 6.07) is 2.70. The van der Waals surface area contributed by atoms with E-state index in [4.69, 9.17) is 23.2 Å². The van der Waals surface area contributed by atoms with Gasteiger partial charge < -0.3 is 5.32 Å². The quantitative estimate of drug-likeness (QED) is 0.744. The highest BCUT2D eigenvalue weighted by molar-refractivity contribution is 6.39. The Morgan fingerprint density at radius 1 is 1.44 bits per heavy atom. The number of nitrogens with one attached hydrogen (secondary N) is 1. The van der Waals surface area contributed by atoms with E-state index in [1.807, 2.05) is 13.0 Å². The Morgan fingerprint density at radius 3 is 2.50 bits per heavy atom. The van der Waals surface area contributed by atoms with Crippen LogP contribution in [0.5, 0.6) is 0 Å². The summed E-state index contributed by atoms with van der Waals surface area (Å²) in [4.78, 5) is 0. The van der Waals surface area contributed by atoms with E-state index in [-0.39, 0.29) is 6.04 Å². The van der Waals surface area contributed by atoms with Crippen LogP contribution < -0.4 is 5.32 Å². The van der Waals surface area contributed by atoms with E-state index in [1.54, 1.807) is 0 Å². The van der Waals surface area contributed by atoms with Gasteiger partial charge in [-0.1, -0.05) is 29.3 Å². The molecule has 0 aromatic heterocycles. The van der Waals surface area contributed by atoms with Gasteiger partial charge in [0.15, 0.2) is 0 Å². The van der Waals surface area contributed by atoms with E-state index in [2.05, 4.69) is 11.9 Å². The fourth-order valence-electron chi connectivity index (χ4n) is 1.37. The van der Waals surface area contributed by atoms with Gasteiger partial charge in [0.05, 0.1) is 15.7 Å². The largest absolute Gasteiger partial charge is 0.380 e. The predicted octanol–water partition coefficient (Wildman–Crippen LogP) is 4.90. The molecule has 0 spiro atoms. The number of anilines is 1. The normalized spacial score (nSPS) is 12.2. The molecule has 1 unspecified atom stereocenters. The first-order valence-corrected chi connectivity index (χ1v) is 5.82. The maximum atomic E-state index is 12.9. The van der Waals surface area contributed by atoms with E-state index in [0.29, 0.717) is 15.7 Å². The Hall–Kier alpha value is -0.730. The topological polar surface area (TPSA) is 12.0 Å². The number of hydrogen-bond donors (Lipinski definition) is 1. The number of allylic oxidation sites excluding steroid dienone is 1. The highest BCUT2D eigenvalue weighted by atomic mass is 35.5. The van der Waals surface area contributed by atoms with Gasteiger partial charge in [-0.15, -0.1) is 6.58 Å². The highest BCUT2D eigenvalue weighted by Gasteiger charge is 2.10. The number of halogens is 3. The Bertz CT molecular complexity index is 356. The van der Waals surface area contributed by atoms with Crippen LogP contribution in [-0.2, 0) is 0 Å². The fourth-order valence-corrected chi connectivity index (χ4v) is 1.94. The zero-order chi connectivity index (χ0) is 12.1. The van der Waals surface area contributed by atoms with Gasteiger partial charge in [0.2, 0.25) is 0 Å². The summed E-state index contributed by atoms with van der Waals surface area (Å²) in [6.45, 7) is 5.67. The number of benzene rings is 1. The zero-order valence-corrected chi connectivity index (χ0v) is 10.6. The summed E-state index contributed by atoms with van der Waals surface area (Å²) < 4.78 is 12.9. The lowest BCUT2D eigenvalue weighted by molar-refractivity contribution is 0.628. The minimum absolute atomic E-state index is 0.207. The smallest absolute Gasteiger partial charge is 0.126 e. The molecule has 0 heterocycles. The molecule has 16 heavy (non-hydrogen) atoms. The molecule has 0 fully saturated rings. The second kappa shape index (κ2) is 6.12. The third kappa shape index (κ3) is 3.69. The van der Waals surface area contributed by atoms with Crippen molar-refractivity contribution in [2.24, 2.45) is 0 Å². The van der Waals surface area contributed by atoms with Crippen LogP contribution in [-0.4, -0.2) is 6.04 Å². The van der Waals surface area contributed by atoms with Gasteiger partial charge in [0, 0.05) is 6.04 Å². The first-order chi connectivity index (χ1) is 7.54. The van der Waals surface area contributed by atoms with Crippen LogP contribution in [0.1, 0.15) is 19.8 Å². The van der Waals surface area contributed by atoms with Crippen molar-refractivity contribution in [1.29, 1.82) is 0 Å². The SMILES string of the molecule is C=CCCC(C)Nc1c(Cl)cc(F)cc1Cl. The molecule has 0 saturated carbocycles. The van der Waals surface area contributed by atoms with Crippen molar-refractivity contribution in [2.45, 2.75) is 25.8 Å². The van der Waals surface area contributed by atoms with Crippen LogP contribution >= 0.6 is 23.2 Å². The second-order valence-electron chi connectivity index (χ2n) is 3.66. The maximum absolute atomic E-state index is 12.9. The molecule has 0 aliphatic rings. The molecule has 1 aromatic carbocycles. The van der Waals surface area contributed by atoms with Gasteiger partial charge in [-0.25, -0.2) is 4.39 Å². The Kier molecular flexibility index (Phi) is 5.10. The van der Waals surface area contributed by atoms with Crippen LogP contribution in [0.15, 0.2) is 24.8 Å². The molecule has 0 radical (unpaired) electrons. The van der Waals surface area contributed by atoms with Crippen LogP contribution in [0.3, 0.4) is 0 Å². The molecular weight excluding hydrogens is 248 g/mol. The Labute approximate surface area is 105 Å². The van der Waals surface area contributed by atoms with Gasteiger partial charge in [-0.05, 0) is 31.9 Å². The predicted molar refractivity (Wildman–Crippen MR) is 68.9 cm³/mol. The molecule has 1 nitrogen and oxygen atoms in total. The lowest BCUT2D eigenvalue weighted by Crippen LogP contribution is -2.15. The van der Waals surface area contributed by atoms with Gasteiger partial charge >= 0.3 is 0 Å². The summed E-state index contributed by atoms with van der Waals surface area (Å²) in [5.74, 6) is -0.431. The van der Waals surface area contributed by atoms with Gasteiger partial charge in [0.1, 0.15) is 5.82 Å². The van der Waals surface area contributed by atoms with Crippen LogP contribution in [0.4, 0.5) is 10.1 Å². The molecule has 1 aromatic rings. The van der Waals surface area contributed by atoms with Crippen molar-refractivity contribution >= 4 is 28.9 Å². The summed E-state index contributed by atoms with van der Waals surface area (Å²) in [7, 11) is 0. The lowest BCUT2D eigenvalue weighted by atomic mass is 10.1. The highest BCUT2D eigenvalue weighted by Crippen LogP contribution is 2.32. The van der Waals surface area contributed by atoms with E-state index < -0.39 is 5.82 Å². The third-order valence-electron chi connectivity index (χ3n) is 2.20. The average Bonchev–Trinajstić information content (AvgIpc) is 2.20. The van der Waals surface area contributed by atoms with Crippen LogP contribution in [0.25, 0.3) is 0 Å². The number of rotatable bonds is 5. The fraction of sp³-hybridized carbons (Fsp3) is 0.333.